The molecule has 6 heteroatoms. The minimum absolute atomic E-state index is 0.232. The van der Waals surface area contributed by atoms with E-state index >= 15 is 0 Å². The summed E-state index contributed by atoms with van der Waals surface area (Å²) in [5.41, 5.74) is 7.94. The number of nitrogens with zero attached hydrogens (tertiary/aromatic N) is 4. The Bertz CT molecular complexity index is 391. The van der Waals surface area contributed by atoms with Crippen LogP contribution in [0.25, 0.3) is 11.5 Å². The molecular formula is C7H7N5S. The Kier molecular flexibility index (Phi) is 1.90. The van der Waals surface area contributed by atoms with Crippen molar-refractivity contribution < 1.29 is 0 Å². The van der Waals surface area contributed by atoms with Gasteiger partial charge in [-0.1, -0.05) is 0 Å². The van der Waals surface area contributed by atoms with Gasteiger partial charge in [-0.25, -0.2) is 9.97 Å². The molecule has 0 fully saturated rings. The minimum atomic E-state index is 0.232. The van der Waals surface area contributed by atoms with E-state index in [2.05, 4.69) is 19.9 Å². The molecule has 0 spiro atoms. The highest BCUT2D eigenvalue weighted by Crippen LogP contribution is 2.14. The molecule has 2 heterocycles. The van der Waals surface area contributed by atoms with Crippen molar-refractivity contribution in [1.29, 1.82) is 0 Å². The fraction of sp³-hybridized carbons (Fsp3) is 0.143. The Labute approximate surface area is 78.7 Å². The highest BCUT2D eigenvalue weighted by Gasteiger charge is 2.05. The predicted octanol–water partition coefficient (Wildman–Crippen LogP) is 0.886. The average molecular weight is 193 g/mol. The second-order valence-electron chi connectivity index (χ2n) is 2.44. The number of anilines is 1. The molecule has 0 atom stereocenters. The van der Waals surface area contributed by atoms with Crippen LogP contribution in [0.2, 0.25) is 0 Å². The summed E-state index contributed by atoms with van der Waals surface area (Å²) in [6.07, 6.45) is 0. The van der Waals surface area contributed by atoms with E-state index in [0.29, 0.717) is 11.6 Å². The van der Waals surface area contributed by atoms with Crippen molar-refractivity contribution in [1.82, 2.24) is 19.9 Å². The number of aromatic nitrogens is 4. The van der Waals surface area contributed by atoms with E-state index in [9.17, 15) is 0 Å². The molecule has 0 aliphatic heterocycles. The van der Waals surface area contributed by atoms with E-state index in [4.69, 9.17) is 5.73 Å². The number of nitrogen functional groups attached to an aromatic ring is 1. The van der Waals surface area contributed by atoms with Crippen molar-refractivity contribution in [3.05, 3.63) is 16.7 Å². The summed E-state index contributed by atoms with van der Waals surface area (Å²) >= 11 is 1.49. The molecule has 13 heavy (non-hydrogen) atoms. The first-order valence-electron chi connectivity index (χ1n) is 3.62. The zero-order chi connectivity index (χ0) is 9.26. The second kappa shape index (κ2) is 3.06. The fourth-order valence-electron chi connectivity index (χ4n) is 0.940. The molecule has 0 bridgehead atoms. The standard InChI is InChI=1S/C7H7N5S/c1-4-10-6(12-7(8)11-4)5-2-13-3-9-5/h2-3H,1H3,(H2,8,10,11,12). The summed E-state index contributed by atoms with van der Waals surface area (Å²) in [5.74, 6) is 1.37. The lowest BCUT2D eigenvalue weighted by atomic mass is 10.4. The number of aryl methyl sites for hydroxylation is 1. The van der Waals surface area contributed by atoms with Gasteiger partial charge in [0.1, 0.15) is 11.5 Å². The molecule has 0 aliphatic carbocycles. The molecule has 66 valence electrons. The molecule has 0 saturated heterocycles. The summed E-state index contributed by atoms with van der Waals surface area (Å²) in [6.45, 7) is 1.77. The van der Waals surface area contributed by atoms with E-state index in [-0.39, 0.29) is 5.95 Å². The summed E-state index contributed by atoms with van der Waals surface area (Å²) < 4.78 is 0. The van der Waals surface area contributed by atoms with E-state index in [1.165, 1.54) is 11.3 Å². The smallest absolute Gasteiger partial charge is 0.223 e. The third kappa shape index (κ3) is 1.62. The minimum Gasteiger partial charge on any atom is -0.368 e. The third-order valence-electron chi connectivity index (χ3n) is 1.43. The Morgan fingerprint density at radius 2 is 2.15 bits per heavy atom. The van der Waals surface area contributed by atoms with Gasteiger partial charge in [0.2, 0.25) is 5.95 Å². The maximum atomic E-state index is 5.48. The fourth-order valence-corrected chi connectivity index (χ4v) is 1.47. The normalized spacial score (nSPS) is 10.2. The summed E-state index contributed by atoms with van der Waals surface area (Å²) in [6, 6.07) is 0. The van der Waals surface area contributed by atoms with Crippen LogP contribution in [0, 0.1) is 6.92 Å². The number of hydrogen-bond acceptors (Lipinski definition) is 6. The SMILES string of the molecule is Cc1nc(N)nc(-c2cscn2)n1. The molecule has 2 rings (SSSR count). The Hall–Kier alpha value is -1.56. The van der Waals surface area contributed by atoms with Crippen molar-refractivity contribution in [2.75, 3.05) is 5.73 Å². The number of thiazole rings is 1. The zero-order valence-corrected chi connectivity index (χ0v) is 7.75. The zero-order valence-electron chi connectivity index (χ0n) is 6.93. The lowest BCUT2D eigenvalue weighted by Gasteiger charge is -1.97. The maximum Gasteiger partial charge on any atom is 0.223 e. The van der Waals surface area contributed by atoms with Gasteiger partial charge in [-0.05, 0) is 6.92 Å². The first-order valence-corrected chi connectivity index (χ1v) is 4.57. The third-order valence-corrected chi connectivity index (χ3v) is 2.01. The van der Waals surface area contributed by atoms with Crippen molar-refractivity contribution in [3.8, 4) is 11.5 Å². The van der Waals surface area contributed by atoms with Gasteiger partial charge in [-0.15, -0.1) is 11.3 Å². The lowest BCUT2D eigenvalue weighted by Crippen LogP contribution is -2.01. The molecule has 0 aromatic carbocycles. The van der Waals surface area contributed by atoms with Gasteiger partial charge in [0.25, 0.3) is 0 Å². The van der Waals surface area contributed by atoms with Crippen LogP contribution in [-0.4, -0.2) is 19.9 Å². The van der Waals surface area contributed by atoms with Crippen molar-refractivity contribution in [2.45, 2.75) is 6.92 Å². The highest BCUT2D eigenvalue weighted by atomic mass is 32.1. The molecule has 0 amide bonds. The Morgan fingerprint density at radius 1 is 1.31 bits per heavy atom. The highest BCUT2D eigenvalue weighted by molar-refractivity contribution is 7.07. The monoisotopic (exact) mass is 193 g/mol. The molecule has 0 radical (unpaired) electrons. The van der Waals surface area contributed by atoms with Crippen LogP contribution in [0.3, 0.4) is 0 Å². The Balaban J connectivity index is 2.53. The van der Waals surface area contributed by atoms with Crippen LogP contribution in [0.1, 0.15) is 5.82 Å². The summed E-state index contributed by atoms with van der Waals surface area (Å²) in [7, 11) is 0. The van der Waals surface area contributed by atoms with E-state index < -0.39 is 0 Å². The molecule has 0 saturated carbocycles. The molecule has 2 aromatic rings. The van der Waals surface area contributed by atoms with E-state index in [1.54, 1.807) is 12.4 Å². The van der Waals surface area contributed by atoms with E-state index in [1.807, 2.05) is 5.38 Å². The van der Waals surface area contributed by atoms with E-state index in [0.717, 1.165) is 5.69 Å². The Morgan fingerprint density at radius 3 is 2.77 bits per heavy atom. The van der Waals surface area contributed by atoms with Crippen LogP contribution < -0.4 is 5.73 Å². The molecule has 0 unspecified atom stereocenters. The topological polar surface area (TPSA) is 77.6 Å². The lowest BCUT2D eigenvalue weighted by molar-refractivity contribution is 0.990. The first kappa shape index (κ1) is 8.06. The van der Waals surface area contributed by atoms with Crippen LogP contribution in [0.4, 0.5) is 5.95 Å². The van der Waals surface area contributed by atoms with Crippen LogP contribution in [0.15, 0.2) is 10.9 Å². The molecule has 5 nitrogen and oxygen atoms in total. The number of nitrogens with two attached hydrogens (primary N) is 1. The van der Waals surface area contributed by atoms with Gasteiger partial charge < -0.3 is 5.73 Å². The van der Waals surface area contributed by atoms with Gasteiger partial charge in [0, 0.05) is 5.38 Å². The summed E-state index contributed by atoms with van der Waals surface area (Å²) in [4.78, 5) is 16.0. The molecule has 0 aliphatic rings. The molecule has 2 aromatic heterocycles. The maximum absolute atomic E-state index is 5.48. The van der Waals surface area contributed by atoms with Crippen LogP contribution in [-0.2, 0) is 0 Å². The average Bonchev–Trinajstić information content (AvgIpc) is 2.53. The molecular weight excluding hydrogens is 186 g/mol. The number of rotatable bonds is 1. The number of hydrogen-bond donors (Lipinski definition) is 1. The van der Waals surface area contributed by atoms with Gasteiger partial charge >= 0.3 is 0 Å². The van der Waals surface area contributed by atoms with Gasteiger partial charge in [0.15, 0.2) is 5.82 Å². The predicted molar refractivity (Wildman–Crippen MR) is 50.1 cm³/mol. The first-order chi connectivity index (χ1) is 6.25. The second-order valence-corrected chi connectivity index (χ2v) is 3.16. The van der Waals surface area contributed by atoms with Gasteiger partial charge in [-0.2, -0.15) is 9.97 Å². The van der Waals surface area contributed by atoms with Crippen LogP contribution >= 0.6 is 11.3 Å². The van der Waals surface area contributed by atoms with Gasteiger partial charge in [0.05, 0.1) is 5.51 Å². The van der Waals surface area contributed by atoms with Gasteiger partial charge in [-0.3, -0.25) is 0 Å². The van der Waals surface area contributed by atoms with Crippen LogP contribution in [0.5, 0.6) is 0 Å². The van der Waals surface area contributed by atoms with Crippen molar-refractivity contribution >= 4 is 17.3 Å². The quantitative estimate of drug-likeness (QED) is 0.727. The largest absolute Gasteiger partial charge is 0.368 e. The molecule has 2 N–H and O–H groups in total. The van der Waals surface area contributed by atoms with Crippen molar-refractivity contribution in [2.24, 2.45) is 0 Å². The summed E-state index contributed by atoms with van der Waals surface area (Å²) in [5, 5.41) is 1.87. The van der Waals surface area contributed by atoms with Crippen molar-refractivity contribution in [3.63, 3.8) is 0 Å².